The van der Waals surface area contributed by atoms with E-state index in [0.717, 1.165) is 17.8 Å². The maximum absolute atomic E-state index is 12.4. The molecule has 0 aliphatic carbocycles. The summed E-state index contributed by atoms with van der Waals surface area (Å²) in [7, 11) is 0. The third kappa shape index (κ3) is 5.04. The maximum atomic E-state index is 12.4. The molecule has 0 bridgehead atoms. The van der Waals surface area contributed by atoms with Gasteiger partial charge in [-0.15, -0.1) is 11.3 Å². The van der Waals surface area contributed by atoms with Crippen molar-refractivity contribution in [2.24, 2.45) is 0 Å². The average Bonchev–Trinajstić information content (AvgIpc) is 2.50. The smallest absolute Gasteiger partial charge is 0.310 e. The van der Waals surface area contributed by atoms with E-state index in [4.69, 9.17) is 23.2 Å². The molecule has 0 saturated carbocycles. The van der Waals surface area contributed by atoms with Crippen LogP contribution in [0.2, 0.25) is 8.67 Å². The minimum Gasteiger partial charge on any atom is -0.310 e. The molecule has 0 aromatic carbocycles. The molecule has 0 aliphatic rings. The molecule has 0 spiro atoms. The van der Waals surface area contributed by atoms with Crippen molar-refractivity contribution in [1.29, 1.82) is 0 Å². The lowest BCUT2D eigenvalue weighted by Crippen LogP contribution is -2.27. The minimum atomic E-state index is -4.23. The number of alkyl halides is 3. The first-order valence-electron chi connectivity index (χ1n) is 5.08. The second-order valence-electron chi connectivity index (χ2n) is 3.61. The van der Waals surface area contributed by atoms with E-state index in [9.17, 15) is 13.2 Å². The molecule has 7 heteroatoms. The zero-order valence-corrected chi connectivity index (χ0v) is 11.4. The molecule has 0 aliphatic heterocycles. The number of halogens is 5. The summed E-state index contributed by atoms with van der Waals surface area (Å²) < 4.78 is 38.0. The first-order valence-corrected chi connectivity index (χ1v) is 6.65. The van der Waals surface area contributed by atoms with Crippen LogP contribution in [0.1, 0.15) is 31.4 Å². The van der Waals surface area contributed by atoms with Crippen molar-refractivity contribution < 1.29 is 13.2 Å². The molecule has 1 atom stereocenters. The Morgan fingerprint density at radius 2 is 2.06 bits per heavy atom. The van der Waals surface area contributed by atoms with Crippen LogP contribution in [0, 0.1) is 0 Å². The van der Waals surface area contributed by atoms with E-state index in [2.05, 4.69) is 5.32 Å². The van der Waals surface area contributed by atoms with Gasteiger partial charge in [0.15, 0.2) is 0 Å². The van der Waals surface area contributed by atoms with Gasteiger partial charge in [0.2, 0.25) is 0 Å². The Morgan fingerprint density at radius 3 is 2.47 bits per heavy atom. The largest absolute Gasteiger partial charge is 0.390 e. The molecule has 1 N–H and O–H groups in total. The Bertz CT molecular complexity index is 365. The molecule has 1 aromatic heterocycles. The van der Waals surface area contributed by atoms with Gasteiger partial charge >= 0.3 is 6.18 Å². The van der Waals surface area contributed by atoms with Gasteiger partial charge in [0.1, 0.15) is 0 Å². The lowest BCUT2D eigenvalue weighted by molar-refractivity contribution is -0.140. The van der Waals surface area contributed by atoms with Crippen molar-refractivity contribution in [3.05, 3.63) is 20.3 Å². The minimum absolute atomic E-state index is 0.313. The summed E-state index contributed by atoms with van der Waals surface area (Å²) in [6, 6.07) is 0.666. The van der Waals surface area contributed by atoms with Crippen molar-refractivity contribution in [2.75, 3.05) is 6.54 Å². The molecule has 1 heterocycles. The van der Waals surface area contributed by atoms with Crippen molar-refractivity contribution in [3.8, 4) is 0 Å². The predicted molar refractivity (Wildman–Crippen MR) is 66.0 cm³/mol. The third-order valence-electron chi connectivity index (χ3n) is 2.13. The molecule has 17 heavy (non-hydrogen) atoms. The Morgan fingerprint density at radius 1 is 1.41 bits per heavy atom. The predicted octanol–water partition coefficient (Wildman–Crippen LogP) is 5.05. The average molecular weight is 306 g/mol. The van der Waals surface area contributed by atoms with Gasteiger partial charge < -0.3 is 5.32 Å². The van der Waals surface area contributed by atoms with Crippen molar-refractivity contribution in [1.82, 2.24) is 5.32 Å². The van der Waals surface area contributed by atoms with Gasteiger partial charge in [-0.1, -0.05) is 30.1 Å². The van der Waals surface area contributed by atoms with E-state index in [1.807, 2.05) is 6.92 Å². The van der Waals surface area contributed by atoms with E-state index < -0.39 is 18.6 Å². The van der Waals surface area contributed by atoms with Gasteiger partial charge in [-0.05, 0) is 19.0 Å². The topological polar surface area (TPSA) is 12.0 Å². The Balaban J connectivity index is 2.85. The molecular weight excluding hydrogens is 294 g/mol. The molecule has 0 fully saturated rings. The molecule has 0 amide bonds. The van der Waals surface area contributed by atoms with Gasteiger partial charge in [0.25, 0.3) is 0 Å². The number of rotatable bonds is 5. The molecule has 98 valence electrons. The standard InChI is InChI=1S/C10H12Cl2F3NS/c1-2-3-16-7(5-10(13,14)15)6-4-8(11)17-9(6)12/h4,7,16H,2-3,5H2,1H3. The molecule has 0 saturated heterocycles. The van der Waals surface area contributed by atoms with Crippen LogP contribution in [0.3, 0.4) is 0 Å². The van der Waals surface area contributed by atoms with E-state index in [1.165, 1.54) is 6.07 Å². The summed E-state index contributed by atoms with van der Waals surface area (Å²) >= 11 is 12.7. The maximum Gasteiger partial charge on any atom is 0.390 e. The van der Waals surface area contributed by atoms with Crippen molar-refractivity contribution >= 4 is 34.5 Å². The van der Waals surface area contributed by atoms with Crippen LogP contribution in [0.4, 0.5) is 13.2 Å². The van der Waals surface area contributed by atoms with Crippen LogP contribution < -0.4 is 5.32 Å². The van der Waals surface area contributed by atoms with Gasteiger partial charge in [-0.2, -0.15) is 13.2 Å². The highest BCUT2D eigenvalue weighted by Gasteiger charge is 2.33. The van der Waals surface area contributed by atoms with E-state index >= 15 is 0 Å². The fourth-order valence-corrected chi connectivity index (χ4v) is 3.01. The van der Waals surface area contributed by atoms with E-state index in [1.54, 1.807) is 0 Å². The monoisotopic (exact) mass is 305 g/mol. The first kappa shape index (κ1) is 15.1. The Kier molecular flexibility index (Phi) is 5.57. The normalized spacial score (nSPS) is 14.0. The SMILES string of the molecule is CCCNC(CC(F)(F)F)c1cc(Cl)sc1Cl. The second kappa shape index (κ2) is 6.27. The first-order chi connectivity index (χ1) is 7.83. The number of nitrogens with one attached hydrogen (secondary N) is 1. The summed E-state index contributed by atoms with van der Waals surface area (Å²) in [5.41, 5.74) is 0.424. The van der Waals surface area contributed by atoms with Gasteiger partial charge in [0.05, 0.1) is 15.1 Å². The van der Waals surface area contributed by atoms with Crippen LogP contribution in [0.25, 0.3) is 0 Å². The summed E-state index contributed by atoms with van der Waals surface area (Å²) in [6.45, 7) is 2.39. The van der Waals surface area contributed by atoms with Crippen LogP contribution in [-0.2, 0) is 0 Å². The van der Waals surface area contributed by atoms with Crippen LogP contribution >= 0.6 is 34.5 Å². The summed E-state index contributed by atoms with van der Waals surface area (Å²) in [4.78, 5) is 0. The fraction of sp³-hybridized carbons (Fsp3) is 0.600. The highest BCUT2D eigenvalue weighted by atomic mass is 35.5. The number of hydrogen-bond donors (Lipinski definition) is 1. The van der Waals surface area contributed by atoms with E-state index in [0.29, 0.717) is 20.8 Å². The zero-order valence-electron chi connectivity index (χ0n) is 9.07. The van der Waals surface area contributed by atoms with Gasteiger partial charge in [-0.3, -0.25) is 0 Å². The molecule has 1 aromatic rings. The van der Waals surface area contributed by atoms with Crippen LogP contribution in [-0.4, -0.2) is 12.7 Å². The highest BCUT2D eigenvalue weighted by molar-refractivity contribution is 7.20. The van der Waals surface area contributed by atoms with Crippen LogP contribution in [0.5, 0.6) is 0 Å². The van der Waals surface area contributed by atoms with Gasteiger partial charge in [-0.25, -0.2) is 0 Å². The lowest BCUT2D eigenvalue weighted by Gasteiger charge is -2.19. The summed E-state index contributed by atoms with van der Waals surface area (Å²) in [6.07, 6.45) is -4.42. The van der Waals surface area contributed by atoms with Crippen molar-refractivity contribution in [3.63, 3.8) is 0 Å². The highest BCUT2D eigenvalue weighted by Crippen LogP contribution is 2.39. The Labute approximate surface area is 112 Å². The molecular formula is C10H12Cl2F3NS. The lowest BCUT2D eigenvalue weighted by atomic mass is 10.1. The summed E-state index contributed by atoms with van der Waals surface area (Å²) in [5, 5.41) is 2.84. The Hall–Kier alpha value is 0.0300. The number of thiophene rings is 1. The van der Waals surface area contributed by atoms with Gasteiger partial charge in [0, 0.05) is 11.6 Å². The van der Waals surface area contributed by atoms with Crippen molar-refractivity contribution in [2.45, 2.75) is 32.0 Å². The molecule has 1 rings (SSSR count). The summed E-state index contributed by atoms with van der Waals surface area (Å²) in [5.74, 6) is 0. The van der Waals surface area contributed by atoms with Crippen LogP contribution in [0.15, 0.2) is 6.07 Å². The quantitative estimate of drug-likeness (QED) is 0.803. The second-order valence-corrected chi connectivity index (χ2v) is 5.89. The molecule has 1 nitrogen and oxygen atoms in total. The third-order valence-corrected chi connectivity index (χ3v) is 3.65. The number of hydrogen-bond acceptors (Lipinski definition) is 2. The molecule has 0 radical (unpaired) electrons. The van der Waals surface area contributed by atoms with E-state index in [-0.39, 0.29) is 0 Å². The fourth-order valence-electron chi connectivity index (χ4n) is 1.43. The zero-order chi connectivity index (χ0) is 13.1. The molecule has 1 unspecified atom stereocenters.